The Labute approximate surface area is 169 Å². The van der Waals surface area contributed by atoms with Crippen molar-refractivity contribution in [1.82, 2.24) is 10.2 Å². The Kier molecular flexibility index (Phi) is 10.9. The van der Waals surface area contributed by atoms with Gasteiger partial charge in [-0.15, -0.1) is 24.0 Å². The van der Waals surface area contributed by atoms with Crippen LogP contribution in [0.5, 0.6) is 5.75 Å². The molecule has 0 bridgehead atoms. The standard InChI is InChI=1S/C19H31N3O2.HI/c1-4-13-24-18-8-6-7-16(14-18)15-21-19(20-3)22-11-9-17(10-12-22)23-5-2;/h6-8,14,17H,4-5,9-13,15H2,1-3H3,(H,20,21);1H. The molecular weight excluding hydrogens is 429 g/mol. The molecule has 1 aromatic carbocycles. The average molecular weight is 461 g/mol. The van der Waals surface area contributed by atoms with Gasteiger partial charge in [0.1, 0.15) is 5.75 Å². The topological polar surface area (TPSA) is 46.1 Å². The number of benzene rings is 1. The van der Waals surface area contributed by atoms with Gasteiger partial charge in [-0.3, -0.25) is 4.99 Å². The third-order valence-electron chi connectivity index (χ3n) is 4.18. The number of halogens is 1. The number of ether oxygens (including phenoxy) is 2. The Bertz CT molecular complexity index is 517. The normalized spacial score (nSPS) is 15.6. The van der Waals surface area contributed by atoms with Crippen molar-refractivity contribution in [3.8, 4) is 5.75 Å². The molecule has 25 heavy (non-hydrogen) atoms. The van der Waals surface area contributed by atoms with Crippen molar-refractivity contribution in [2.75, 3.05) is 33.4 Å². The molecule has 0 amide bonds. The Morgan fingerprint density at radius 3 is 2.68 bits per heavy atom. The van der Waals surface area contributed by atoms with E-state index in [1.54, 1.807) is 0 Å². The van der Waals surface area contributed by atoms with Gasteiger partial charge in [0.15, 0.2) is 5.96 Å². The van der Waals surface area contributed by atoms with E-state index >= 15 is 0 Å². The van der Waals surface area contributed by atoms with Crippen molar-refractivity contribution < 1.29 is 9.47 Å². The maximum absolute atomic E-state index is 5.72. The van der Waals surface area contributed by atoms with Crippen molar-refractivity contribution in [2.24, 2.45) is 4.99 Å². The van der Waals surface area contributed by atoms with Crippen LogP contribution >= 0.6 is 24.0 Å². The second-order valence-corrected chi connectivity index (χ2v) is 6.04. The Balaban J connectivity index is 0.00000312. The van der Waals surface area contributed by atoms with E-state index in [0.29, 0.717) is 6.10 Å². The Morgan fingerprint density at radius 2 is 2.04 bits per heavy atom. The van der Waals surface area contributed by atoms with Crippen LogP contribution in [0.2, 0.25) is 0 Å². The molecule has 1 aromatic rings. The third kappa shape index (κ3) is 7.40. The molecule has 2 rings (SSSR count). The minimum Gasteiger partial charge on any atom is -0.494 e. The first-order valence-electron chi connectivity index (χ1n) is 9.05. The van der Waals surface area contributed by atoms with Crippen molar-refractivity contribution in [3.05, 3.63) is 29.8 Å². The first-order chi connectivity index (χ1) is 11.8. The van der Waals surface area contributed by atoms with Gasteiger partial charge in [-0.05, 0) is 43.9 Å². The van der Waals surface area contributed by atoms with Crippen LogP contribution in [0.3, 0.4) is 0 Å². The zero-order valence-corrected chi connectivity index (χ0v) is 18.0. The van der Waals surface area contributed by atoms with Gasteiger partial charge in [-0.25, -0.2) is 0 Å². The molecule has 0 atom stereocenters. The Hall–Kier alpha value is -1.02. The summed E-state index contributed by atoms with van der Waals surface area (Å²) in [5.41, 5.74) is 1.20. The van der Waals surface area contributed by atoms with Crippen LogP contribution < -0.4 is 10.1 Å². The minimum absolute atomic E-state index is 0. The molecule has 0 saturated carbocycles. The van der Waals surface area contributed by atoms with Crippen LogP contribution in [0.25, 0.3) is 0 Å². The SMILES string of the molecule is CCCOc1cccc(CNC(=NC)N2CCC(OCC)CC2)c1.I. The fraction of sp³-hybridized carbons (Fsp3) is 0.632. The summed E-state index contributed by atoms with van der Waals surface area (Å²) in [6, 6.07) is 8.25. The summed E-state index contributed by atoms with van der Waals surface area (Å²) in [7, 11) is 1.84. The van der Waals surface area contributed by atoms with Crippen molar-refractivity contribution in [1.29, 1.82) is 0 Å². The molecule has 1 saturated heterocycles. The highest BCUT2D eigenvalue weighted by Gasteiger charge is 2.21. The van der Waals surface area contributed by atoms with Gasteiger partial charge in [0.05, 0.1) is 12.7 Å². The van der Waals surface area contributed by atoms with Crippen LogP contribution in [-0.4, -0.2) is 50.3 Å². The summed E-state index contributed by atoms with van der Waals surface area (Å²) in [5.74, 6) is 1.90. The number of hydrogen-bond acceptors (Lipinski definition) is 3. The van der Waals surface area contributed by atoms with E-state index in [1.165, 1.54) is 5.56 Å². The molecule has 1 N–H and O–H groups in total. The van der Waals surface area contributed by atoms with Gasteiger partial charge >= 0.3 is 0 Å². The molecule has 6 heteroatoms. The number of guanidine groups is 1. The summed E-state index contributed by atoms with van der Waals surface area (Å²) in [6.07, 6.45) is 3.55. The Morgan fingerprint density at radius 1 is 1.28 bits per heavy atom. The first kappa shape index (κ1) is 22.0. The van der Waals surface area contributed by atoms with E-state index in [0.717, 1.165) is 63.8 Å². The number of nitrogens with zero attached hydrogens (tertiary/aromatic N) is 2. The van der Waals surface area contributed by atoms with Gasteiger partial charge in [0.2, 0.25) is 0 Å². The van der Waals surface area contributed by atoms with Gasteiger partial charge in [0, 0.05) is 33.3 Å². The van der Waals surface area contributed by atoms with Gasteiger partial charge in [0.25, 0.3) is 0 Å². The monoisotopic (exact) mass is 461 g/mol. The average Bonchev–Trinajstić information content (AvgIpc) is 2.62. The predicted octanol–water partition coefficient (Wildman–Crippen LogP) is 3.67. The van der Waals surface area contributed by atoms with Crippen molar-refractivity contribution in [3.63, 3.8) is 0 Å². The lowest BCUT2D eigenvalue weighted by atomic mass is 10.1. The lowest BCUT2D eigenvalue weighted by Crippen LogP contribution is -2.46. The number of hydrogen-bond donors (Lipinski definition) is 1. The molecule has 0 aromatic heterocycles. The zero-order valence-electron chi connectivity index (χ0n) is 15.7. The van der Waals surface area contributed by atoms with Crippen LogP contribution in [0, 0.1) is 0 Å². The van der Waals surface area contributed by atoms with Crippen LogP contribution in [-0.2, 0) is 11.3 Å². The molecule has 142 valence electrons. The smallest absolute Gasteiger partial charge is 0.193 e. The van der Waals surface area contributed by atoms with Crippen LogP contribution in [0.15, 0.2) is 29.3 Å². The van der Waals surface area contributed by atoms with E-state index < -0.39 is 0 Å². The largest absolute Gasteiger partial charge is 0.494 e. The molecular formula is C19H32IN3O2. The van der Waals surface area contributed by atoms with E-state index in [9.17, 15) is 0 Å². The molecule has 0 unspecified atom stereocenters. The number of nitrogens with one attached hydrogen (secondary N) is 1. The van der Waals surface area contributed by atoms with Crippen molar-refractivity contribution >= 4 is 29.9 Å². The summed E-state index contributed by atoms with van der Waals surface area (Å²) >= 11 is 0. The van der Waals surface area contributed by atoms with Gasteiger partial charge < -0.3 is 19.7 Å². The van der Waals surface area contributed by atoms with E-state index in [1.807, 2.05) is 19.2 Å². The molecule has 0 aliphatic carbocycles. The summed E-state index contributed by atoms with van der Waals surface area (Å²) in [4.78, 5) is 6.74. The van der Waals surface area contributed by atoms with Crippen LogP contribution in [0.1, 0.15) is 38.7 Å². The van der Waals surface area contributed by atoms with E-state index in [2.05, 4.69) is 41.2 Å². The quantitative estimate of drug-likeness (QED) is 0.383. The fourth-order valence-electron chi connectivity index (χ4n) is 2.95. The highest BCUT2D eigenvalue weighted by molar-refractivity contribution is 14.0. The fourth-order valence-corrected chi connectivity index (χ4v) is 2.95. The molecule has 1 heterocycles. The molecule has 1 aliphatic heterocycles. The summed E-state index contributed by atoms with van der Waals surface area (Å²) in [6.45, 7) is 8.46. The molecule has 1 aliphatic rings. The lowest BCUT2D eigenvalue weighted by Gasteiger charge is -2.34. The summed E-state index contributed by atoms with van der Waals surface area (Å²) < 4.78 is 11.4. The lowest BCUT2D eigenvalue weighted by molar-refractivity contribution is 0.0263. The van der Waals surface area contributed by atoms with Crippen LogP contribution in [0.4, 0.5) is 0 Å². The highest BCUT2D eigenvalue weighted by atomic mass is 127. The zero-order chi connectivity index (χ0) is 17.2. The maximum Gasteiger partial charge on any atom is 0.193 e. The maximum atomic E-state index is 5.72. The predicted molar refractivity (Wildman–Crippen MR) is 114 cm³/mol. The third-order valence-corrected chi connectivity index (χ3v) is 4.18. The number of aliphatic imine (C=N–C) groups is 1. The highest BCUT2D eigenvalue weighted by Crippen LogP contribution is 2.15. The first-order valence-corrected chi connectivity index (χ1v) is 9.05. The molecule has 0 spiro atoms. The van der Waals surface area contributed by atoms with Gasteiger partial charge in [-0.1, -0.05) is 19.1 Å². The van der Waals surface area contributed by atoms with E-state index in [-0.39, 0.29) is 24.0 Å². The number of rotatable bonds is 7. The van der Waals surface area contributed by atoms with Gasteiger partial charge in [-0.2, -0.15) is 0 Å². The number of likely N-dealkylation sites (tertiary alicyclic amines) is 1. The molecule has 0 radical (unpaired) electrons. The second kappa shape index (κ2) is 12.4. The molecule has 5 nitrogen and oxygen atoms in total. The number of piperidine rings is 1. The summed E-state index contributed by atoms with van der Waals surface area (Å²) in [5, 5.41) is 3.47. The molecule has 1 fully saturated rings. The second-order valence-electron chi connectivity index (χ2n) is 6.04. The van der Waals surface area contributed by atoms with E-state index in [4.69, 9.17) is 9.47 Å². The minimum atomic E-state index is 0. The van der Waals surface area contributed by atoms with Crippen molar-refractivity contribution in [2.45, 2.75) is 45.8 Å².